The van der Waals surface area contributed by atoms with E-state index in [1.54, 1.807) is 0 Å². The molecule has 3 fully saturated rings. The first kappa shape index (κ1) is 17.0. The summed E-state index contributed by atoms with van der Waals surface area (Å²) in [5.41, 5.74) is 1.25. The number of piperidine rings is 1. The molecule has 1 N–H and O–H groups in total. The predicted octanol–water partition coefficient (Wildman–Crippen LogP) is 2.94. The summed E-state index contributed by atoms with van der Waals surface area (Å²) >= 11 is 1.84. The van der Waals surface area contributed by atoms with Gasteiger partial charge in [0.2, 0.25) is 5.91 Å². The van der Waals surface area contributed by atoms with Crippen molar-refractivity contribution in [1.29, 1.82) is 0 Å². The molecule has 5 nitrogen and oxygen atoms in total. The van der Waals surface area contributed by atoms with E-state index >= 15 is 0 Å². The lowest BCUT2D eigenvalue weighted by Gasteiger charge is -2.42. The van der Waals surface area contributed by atoms with Crippen molar-refractivity contribution in [3.63, 3.8) is 0 Å². The van der Waals surface area contributed by atoms with E-state index in [2.05, 4.69) is 15.1 Å². The number of aromatic nitrogens is 1. The normalized spacial score (nSPS) is 29.1. The highest BCUT2D eigenvalue weighted by Gasteiger charge is 2.33. The lowest BCUT2D eigenvalue weighted by molar-refractivity contribution is -0.133. The Balaban J connectivity index is 1.25. The second-order valence-electron chi connectivity index (χ2n) is 8.68. The largest absolute Gasteiger partial charge is 0.345 e. The molecule has 0 radical (unpaired) electrons. The third-order valence-corrected chi connectivity index (χ3v) is 7.88. The summed E-state index contributed by atoms with van der Waals surface area (Å²) in [5, 5.41) is 4.95. The molecule has 1 aromatic rings. The van der Waals surface area contributed by atoms with Crippen LogP contribution in [0.4, 0.5) is 5.13 Å². The van der Waals surface area contributed by atoms with Crippen molar-refractivity contribution in [2.75, 3.05) is 24.5 Å². The van der Waals surface area contributed by atoms with E-state index < -0.39 is 0 Å². The number of hydrogen-bond acceptors (Lipinski definition) is 5. The molecule has 1 saturated carbocycles. The molecule has 1 amide bonds. The zero-order valence-corrected chi connectivity index (χ0v) is 16.4. The summed E-state index contributed by atoms with van der Waals surface area (Å²) in [4.78, 5) is 23.6. The number of anilines is 1. The minimum atomic E-state index is 0.370. The van der Waals surface area contributed by atoms with Crippen LogP contribution in [0.15, 0.2) is 0 Å². The fourth-order valence-electron chi connectivity index (χ4n) is 5.28. The smallest absolute Gasteiger partial charge is 0.223 e. The van der Waals surface area contributed by atoms with Crippen molar-refractivity contribution >= 4 is 22.4 Å². The molecule has 2 unspecified atom stereocenters. The van der Waals surface area contributed by atoms with E-state index in [-0.39, 0.29) is 0 Å². The van der Waals surface area contributed by atoms with Gasteiger partial charge >= 0.3 is 0 Å². The average Bonchev–Trinajstić information content (AvgIpc) is 3.29. The van der Waals surface area contributed by atoms with Gasteiger partial charge in [-0.25, -0.2) is 4.98 Å². The first-order chi connectivity index (χ1) is 12.7. The number of amides is 1. The first-order valence-corrected chi connectivity index (χ1v) is 11.3. The molecule has 26 heavy (non-hydrogen) atoms. The number of piperazine rings is 1. The Morgan fingerprint density at radius 3 is 2.65 bits per heavy atom. The summed E-state index contributed by atoms with van der Waals surface area (Å²) in [6.45, 7) is 3.83. The number of fused-ring (bicyclic) bond motifs is 3. The summed E-state index contributed by atoms with van der Waals surface area (Å²) < 4.78 is 0. The second-order valence-corrected chi connectivity index (χ2v) is 9.74. The Morgan fingerprint density at radius 1 is 1.12 bits per heavy atom. The fraction of sp³-hybridized carbons (Fsp3) is 0.800. The predicted molar refractivity (Wildman–Crippen MR) is 105 cm³/mol. The van der Waals surface area contributed by atoms with Gasteiger partial charge in [-0.1, -0.05) is 30.6 Å². The van der Waals surface area contributed by atoms with Gasteiger partial charge in [0.15, 0.2) is 5.13 Å². The quantitative estimate of drug-likeness (QED) is 0.884. The number of nitrogens with one attached hydrogen (secondary N) is 1. The van der Waals surface area contributed by atoms with Crippen LogP contribution in [0.5, 0.6) is 0 Å². The standard InChI is InChI=1S/C20H30N4OS/c25-19(10-14-4-1-2-5-14)23-9-8-17-18(13-23)26-20(22-17)24-11-15-6-3-7-16(12-24)21-15/h14-16,21H,1-13H2. The van der Waals surface area contributed by atoms with Crippen LogP contribution >= 0.6 is 11.3 Å². The Hall–Kier alpha value is -1.14. The second kappa shape index (κ2) is 7.12. The van der Waals surface area contributed by atoms with Gasteiger partial charge in [-0.15, -0.1) is 0 Å². The molecule has 4 heterocycles. The molecule has 6 heteroatoms. The average molecular weight is 375 g/mol. The van der Waals surface area contributed by atoms with Crippen LogP contribution < -0.4 is 10.2 Å². The number of carbonyl (C=O) groups excluding carboxylic acids is 1. The zero-order chi connectivity index (χ0) is 17.5. The molecule has 2 atom stereocenters. The topological polar surface area (TPSA) is 48.5 Å². The Bertz CT molecular complexity index is 657. The van der Waals surface area contributed by atoms with Crippen molar-refractivity contribution in [1.82, 2.24) is 15.2 Å². The summed E-state index contributed by atoms with van der Waals surface area (Å²) in [7, 11) is 0. The molecule has 2 bridgehead atoms. The van der Waals surface area contributed by atoms with Crippen LogP contribution in [0.1, 0.15) is 61.9 Å². The number of hydrogen-bond donors (Lipinski definition) is 1. The highest BCUT2D eigenvalue weighted by molar-refractivity contribution is 7.15. The molecule has 142 valence electrons. The zero-order valence-electron chi connectivity index (χ0n) is 15.6. The summed E-state index contributed by atoms with van der Waals surface area (Å²) in [6.07, 6.45) is 10.8. The van der Waals surface area contributed by atoms with E-state index in [9.17, 15) is 4.79 Å². The van der Waals surface area contributed by atoms with Gasteiger partial charge < -0.3 is 15.1 Å². The maximum absolute atomic E-state index is 12.7. The molecule has 1 aliphatic carbocycles. The summed E-state index contributed by atoms with van der Waals surface area (Å²) in [5.74, 6) is 1.01. The van der Waals surface area contributed by atoms with Crippen LogP contribution in [0.25, 0.3) is 0 Å². The number of nitrogens with zero attached hydrogens (tertiary/aromatic N) is 3. The van der Waals surface area contributed by atoms with Gasteiger partial charge in [0.05, 0.1) is 12.2 Å². The Labute approximate surface area is 160 Å². The molecule has 0 spiro atoms. The van der Waals surface area contributed by atoms with E-state index in [0.29, 0.717) is 23.9 Å². The first-order valence-electron chi connectivity index (χ1n) is 10.5. The molecule has 4 aliphatic rings. The van der Waals surface area contributed by atoms with Gasteiger partial charge in [-0.3, -0.25) is 4.79 Å². The Kier molecular flexibility index (Phi) is 4.65. The van der Waals surface area contributed by atoms with Crippen LogP contribution in [0, 0.1) is 5.92 Å². The van der Waals surface area contributed by atoms with Crippen LogP contribution in [0.3, 0.4) is 0 Å². The molecule has 1 aromatic heterocycles. The van der Waals surface area contributed by atoms with E-state index in [0.717, 1.165) is 39.0 Å². The van der Waals surface area contributed by atoms with Gasteiger partial charge in [0.25, 0.3) is 0 Å². The lowest BCUT2D eigenvalue weighted by atomic mass is 9.94. The van der Waals surface area contributed by atoms with Gasteiger partial charge in [-0.05, 0) is 31.6 Å². The van der Waals surface area contributed by atoms with Crippen molar-refractivity contribution in [2.45, 2.75) is 76.4 Å². The maximum atomic E-state index is 12.7. The number of thiazole rings is 1. The minimum Gasteiger partial charge on any atom is -0.345 e. The minimum absolute atomic E-state index is 0.370. The molecule has 3 aliphatic heterocycles. The van der Waals surface area contributed by atoms with Crippen molar-refractivity contribution in [3.8, 4) is 0 Å². The molecular weight excluding hydrogens is 344 g/mol. The highest BCUT2D eigenvalue weighted by atomic mass is 32.1. The van der Waals surface area contributed by atoms with Crippen molar-refractivity contribution in [3.05, 3.63) is 10.6 Å². The molecule has 2 saturated heterocycles. The summed E-state index contributed by atoms with van der Waals surface area (Å²) in [6, 6.07) is 1.26. The molecular formula is C20H30N4OS. The van der Waals surface area contributed by atoms with Gasteiger partial charge in [0, 0.05) is 49.4 Å². The third-order valence-electron chi connectivity index (χ3n) is 6.74. The highest BCUT2D eigenvalue weighted by Crippen LogP contribution is 2.34. The van der Waals surface area contributed by atoms with Gasteiger partial charge in [0.1, 0.15) is 0 Å². The Morgan fingerprint density at radius 2 is 1.88 bits per heavy atom. The van der Waals surface area contributed by atoms with E-state index in [1.165, 1.54) is 60.6 Å². The molecule has 0 aromatic carbocycles. The van der Waals surface area contributed by atoms with Crippen LogP contribution in [-0.2, 0) is 17.8 Å². The van der Waals surface area contributed by atoms with Gasteiger partial charge in [-0.2, -0.15) is 0 Å². The van der Waals surface area contributed by atoms with Crippen molar-refractivity contribution in [2.24, 2.45) is 5.92 Å². The monoisotopic (exact) mass is 374 g/mol. The SMILES string of the molecule is O=C(CC1CCCC1)N1CCc2nc(N3CC4CCCC(C3)N4)sc2C1. The number of rotatable bonds is 3. The lowest BCUT2D eigenvalue weighted by Crippen LogP contribution is -2.58. The van der Waals surface area contributed by atoms with E-state index in [4.69, 9.17) is 4.98 Å². The van der Waals surface area contributed by atoms with E-state index in [1.807, 2.05) is 11.3 Å². The van der Waals surface area contributed by atoms with Crippen LogP contribution in [0.2, 0.25) is 0 Å². The third kappa shape index (κ3) is 3.38. The van der Waals surface area contributed by atoms with Crippen molar-refractivity contribution < 1.29 is 4.79 Å². The maximum Gasteiger partial charge on any atom is 0.223 e. The number of carbonyl (C=O) groups is 1. The molecule has 5 rings (SSSR count). The van der Waals surface area contributed by atoms with Crippen LogP contribution in [-0.4, -0.2) is 47.5 Å². The fourth-order valence-corrected chi connectivity index (χ4v) is 6.42.